The van der Waals surface area contributed by atoms with E-state index in [2.05, 4.69) is 0 Å². The normalized spacial score (nSPS) is 11.8. The molecule has 0 saturated heterocycles. The van der Waals surface area contributed by atoms with Crippen LogP contribution in [0.3, 0.4) is 0 Å². The Morgan fingerprint density at radius 1 is 1.27 bits per heavy atom. The molecule has 0 spiro atoms. The molecule has 15 heavy (non-hydrogen) atoms. The van der Waals surface area contributed by atoms with Gasteiger partial charge in [0.05, 0.1) is 6.54 Å². The van der Waals surface area contributed by atoms with Crippen molar-refractivity contribution >= 4 is 0 Å². The summed E-state index contributed by atoms with van der Waals surface area (Å²) >= 11 is 0. The Morgan fingerprint density at radius 2 is 1.87 bits per heavy atom. The van der Waals surface area contributed by atoms with E-state index < -0.39 is 41.8 Å². The molecule has 0 unspecified atom stereocenters. The van der Waals surface area contributed by atoms with E-state index in [1.165, 1.54) is 0 Å². The van der Waals surface area contributed by atoms with Gasteiger partial charge in [0.25, 0.3) is 5.92 Å². The number of aromatic hydroxyl groups is 1. The van der Waals surface area contributed by atoms with Crippen LogP contribution in [0.5, 0.6) is 5.75 Å². The summed E-state index contributed by atoms with van der Waals surface area (Å²) in [5.74, 6) is -6.55. The number of rotatable bonds is 3. The minimum Gasteiger partial charge on any atom is -0.505 e. The molecule has 2 nitrogen and oxygen atoms in total. The minimum absolute atomic E-state index is 0.416. The Kier molecular flexibility index (Phi) is 3.18. The van der Waals surface area contributed by atoms with E-state index in [0.29, 0.717) is 12.1 Å². The summed E-state index contributed by atoms with van der Waals surface area (Å²) in [7, 11) is 0. The van der Waals surface area contributed by atoms with Crippen molar-refractivity contribution in [1.29, 1.82) is 0 Å². The molecule has 84 valence electrons. The number of phenols is 1. The van der Waals surface area contributed by atoms with E-state index in [0.717, 1.165) is 0 Å². The Balaban J connectivity index is 3.05. The van der Waals surface area contributed by atoms with Gasteiger partial charge in [0, 0.05) is 18.1 Å². The maximum Gasteiger partial charge on any atom is 0.264 e. The number of phenolic OH excluding ortho intramolecular Hbond substituents is 1. The molecular formula is C9H9F4NO. The molecule has 1 aromatic carbocycles. The molecule has 0 radical (unpaired) electrons. The highest BCUT2D eigenvalue weighted by molar-refractivity contribution is 5.35. The molecule has 0 aliphatic carbocycles. The van der Waals surface area contributed by atoms with E-state index in [4.69, 9.17) is 10.8 Å². The first kappa shape index (κ1) is 11.8. The molecule has 1 rings (SSSR count). The summed E-state index contributed by atoms with van der Waals surface area (Å²) < 4.78 is 51.0. The van der Waals surface area contributed by atoms with Gasteiger partial charge in [0.15, 0.2) is 11.6 Å². The Bertz CT molecular complexity index is 367. The van der Waals surface area contributed by atoms with Crippen LogP contribution in [0, 0.1) is 11.6 Å². The molecule has 0 amide bonds. The molecule has 0 aromatic heterocycles. The van der Waals surface area contributed by atoms with Gasteiger partial charge in [-0.2, -0.15) is 0 Å². The standard InChI is InChI=1S/C9H9F4NO/c10-6-1-5(3-9(12,13)4-14)8(15)7(11)2-6/h1-2,15H,3-4,14H2. The minimum atomic E-state index is -3.29. The van der Waals surface area contributed by atoms with Crippen molar-refractivity contribution in [3.8, 4) is 5.75 Å². The molecule has 3 N–H and O–H groups in total. The fourth-order valence-corrected chi connectivity index (χ4v) is 1.10. The number of hydrogen-bond donors (Lipinski definition) is 2. The molecule has 0 saturated carbocycles. The van der Waals surface area contributed by atoms with Gasteiger partial charge in [-0.05, 0) is 6.07 Å². The SMILES string of the molecule is NCC(F)(F)Cc1cc(F)cc(F)c1O. The third-order valence-corrected chi connectivity index (χ3v) is 1.85. The van der Waals surface area contributed by atoms with Crippen molar-refractivity contribution in [3.63, 3.8) is 0 Å². The van der Waals surface area contributed by atoms with Crippen LogP contribution in [0.25, 0.3) is 0 Å². The van der Waals surface area contributed by atoms with Crippen LogP contribution in [0.4, 0.5) is 17.6 Å². The average molecular weight is 223 g/mol. The van der Waals surface area contributed by atoms with Crippen molar-refractivity contribution in [2.45, 2.75) is 12.3 Å². The topological polar surface area (TPSA) is 46.2 Å². The highest BCUT2D eigenvalue weighted by Gasteiger charge is 2.29. The first-order valence-electron chi connectivity index (χ1n) is 4.10. The molecule has 0 aliphatic heterocycles. The second-order valence-corrected chi connectivity index (χ2v) is 3.13. The number of halogens is 4. The van der Waals surface area contributed by atoms with Crippen molar-refractivity contribution in [3.05, 3.63) is 29.3 Å². The molecule has 0 fully saturated rings. The Morgan fingerprint density at radius 3 is 2.40 bits per heavy atom. The van der Waals surface area contributed by atoms with Gasteiger partial charge in [0.1, 0.15) is 5.82 Å². The van der Waals surface area contributed by atoms with Gasteiger partial charge in [-0.3, -0.25) is 0 Å². The van der Waals surface area contributed by atoms with Crippen LogP contribution in [-0.4, -0.2) is 17.6 Å². The van der Waals surface area contributed by atoms with Crippen LogP contribution < -0.4 is 5.73 Å². The van der Waals surface area contributed by atoms with Gasteiger partial charge >= 0.3 is 0 Å². The number of alkyl halides is 2. The highest BCUT2D eigenvalue weighted by atomic mass is 19.3. The van der Waals surface area contributed by atoms with Crippen molar-refractivity contribution in [1.82, 2.24) is 0 Å². The third-order valence-electron chi connectivity index (χ3n) is 1.85. The largest absolute Gasteiger partial charge is 0.505 e. The third kappa shape index (κ3) is 2.82. The molecule has 1 aromatic rings. The Hall–Kier alpha value is -1.30. The van der Waals surface area contributed by atoms with Crippen LogP contribution in [0.2, 0.25) is 0 Å². The van der Waals surface area contributed by atoms with Gasteiger partial charge in [-0.25, -0.2) is 17.6 Å². The second-order valence-electron chi connectivity index (χ2n) is 3.13. The predicted molar refractivity (Wildman–Crippen MR) is 45.7 cm³/mol. The maximum atomic E-state index is 12.8. The summed E-state index contributed by atoms with van der Waals surface area (Å²) in [5, 5.41) is 9.07. The van der Waals surface area contributed by atoms with Crippen LogP contribution in [0.1, 0.15) is 5.56 Å². The molecule has 0 atom stereocenters. The molecule has 6 heteroatoms. The molecular weight excluding hydrogens is 214 g/mol. The first-order valence-corrected chi connectivity index (χ1v) is 4.10. The van der Waals surface area contributed by atoms with Crippen molar-refractivity contribution in [2.24, 2.45) is 5.73 Å². The number of benzene rings is 1. The van der Waals surface area contributed by atoms with Crippen LogP contribution in [0.15, 0.2) is 12.1 Å². The maximum absolute atomic E-state index is 12.8. The summed E-state index contributed by atoms with van der Waals surface area (Å²) in [6, 6.07) is 1.07. The van der Waals surface area contributed by atoms with Gasteiger partial charge in [-0.15, -0.1) is 0 Å². The van der Waals surface area contributed by atoms with Gasteiger partial charge < -0.3 is 10.8 Å². The average Bonchev–Trinajstić information content (AvgIpc) is 2.13. The second kappa shape index (κ2) is 4.06. The van der Waals surface area contributed by atoms with Crippen LogP contribution in [-0.2, 0) is 6.42 Å². The summed E-state index contributed by atoms with van der Waals surface area (Å²) in [4.78, 5) is 0. The fourth-order valence-electron chi connectivity index (χ4n) is 1.10. The molecule has 0 aliphatic rings. The molecule has 0 heterocycles. The Labute approximate surface area is 83.3 Å². The monoisotopic (exact) mass is 223 g/mol. The lowest BCUT2D eigenvalue weighted by Crippen LogP contribution is -2.30. The van der Waals surface area contributed by atoms with E-state index in [9.17, 15) is 17.6 Å². The zero-order valence-corrected chi connectivity index (χ0v) is 7.61. The highest BCUT2D eigenvalue weighted by Crippen LogP contribution is 2.28. The van der Waals surface area contributed by atoms with Crippen LogP contribution >= 0.6 is 0 Å². The predicted octanol–water partition coefficient (Wildman–Crippen LogP) is 1.81. The van der Waals surface area contributed by atoms with Crippen molar-refractivity contribution in [2.75, 3.05) is 6.54 Å². The summed E-state index contributed by atoms with van der Waals surface area (Å²) in [5.41, 5.74) is 4.26. The van der Waals surface area contributed by atoms with E-state index in [1.54, 1.807) is 0 Å². The fraction of sp³-hybridized carbons (Fsp3) is 0.333. The number of hydrogen-bond acceptors (Lipinski definition) is 2. The smallest absolute Gasteiger partial charge is 0.264 e. The lowest BCUT2D eigenvalue weighted by Gasteiger charge is -2.14. The lowest BCUT2D eigenvalue weighted by molar-refractivity contribution is 0.0108. The first-order chi connectivity index (χ1) is 6.85. The lowest BCUT2D eigenvalue weighted by atomic mass is 10.1. The van der Waals surface area contributed by atoms with E-state index in [1.807, 2.05) is 0 Å². The number of nitrogens with two attached hydrogens (primary N) is 1. The zero-order chi connectivity index (χ0) is 11.6. The van der Waals surface area contributed by atoms with E-state index >= 15 is 0 Å². The summed E-state index contributed by atoms with van der Waals surface area (Å²) in [6.45, 7) is -0.954. The summed E-state index contributed by atoms with van der Waals surface area (Å²) in [6.07, 6.45) is -0.996. The van der Waals surface area contributed by atoms with Crippen molar-refractivity contribution < 1.29 is 22.7 Å². The van der Waals surface area contributed by atoms with E-state index in [-0.39, 0.29) is 0 Å². The quantitative estimate of drug-likeness (QED) is 0.767. The molecule has 0 bridgehead atoms. The van der Waals surface area contributed by atoms with Gasteiger partial charge in [-0.1, -0.05) is 0 Å². The van der Waals surface area contributed by atoms with Gasteiger partial charge in [0.2, 0.25) is 0 Å². The zero-order valence-electron chi connectivity index (χ0n) is 7.61.